The quantitative estimate of drug-likeness (QED) is 0.792. The van der Waals surface area contributed by atoms with Crippen molar-refractivity contribution in [1.82, 2.24) is 10.2 Å². The van der Waals surface area contributed by atoms with Crippen LogP contribution in [0, 0.1) is 0 Å². The van der Waals surface area contributed by atoms with Gasteiger partial charge in [-0.05, 0) is 12.8 Å². The van der Waals surface area contributed by atoms with Crippen LogP contribution < -0.4 is 0 Å². The lowest BCUT2D eigenvalue weighted by atomic mass is 9.94. The van der Waals surface area contributed by atoms with Crippen molar-refractivity contribution in [3.05, 3.63) is 17.0 Å². The summed E-state index contributed by atoms with van der Waals surface area (Å²) in [6.07, 6.45) is 2.31. The number of ether oxygens (including phenoxy) is 1. The highest BCUT2D eigenvalue weighted by molar-refractivity contribution is 7.91. The zero-order valence-electron chi connectivity index (χ0n) is 13.7. The van der Waals surface area contributed by atoms with Gasteiger partial charge in [0.1, 0.15) is 17.0 Å². The van der Waals surface area contributed by atoms with Gasteiger partial charge in [0, 0.05) is 18.9 Å². The van der Waals surface area contributed by atoms with Crippen molar-refractivity contribution in [2.75, 3.05) is 37.9 Å². The van der Waals surface area contributed by atoms with Gasteiger partial charge in [-0.3, -0.25) is 9.63 Å². The highest BCUT2D eigenvalue weighted by Crippen LogP contribution is 2.30. The maximum atomic E-state index is 12.9. The third-order valence-corrected chi connectivity index (χ3v) is 5.94. The average Bonchev–Trinajstić information content (AvgIpc) is 2.93. The molecule has 0 saturated carbocycles. The summed E-state index contributed by atoms with van der Waals surface area (Å²) in [5.74, 6) is -0.0583. The Morgan fingerprint density at radius 2 is 2.17 bits per heavy atom. The number of carbonyl (C=O) groups excluding carboxylic acids is 1. The Kier molecular flexibility index (Phi) is 5.21. The van der Waals surface area contributed by atoms with Crippen molar-refractivity contribution in [3.63, 3.8) is 0 Å². The van der Waals surface area contributed by atoms with Crippen LogP contribution in [0.15, 0.2) is 4.52 Å². The van der Waals surface area contributed by atoms with Gasteiger partial charge in [-0.25, -0.2) is 13.5 Å². The summed E-state index contributed by atoms with van der Waals surface area (Å²) in [4.78, 5) is 18.3. The van der Waals surface area contributed by atoms with Crippen LogP contribution in [0.1, 0.15) is 47.5 Å². The molecule has 0 spiro atoms. The molecule has 134 valence electrons. The molecule has 9 heteroatoms. The van der Waals surface area contributed by atoms with Gasteiger partial charge in [0.25, 0.3) is 5.91 Å². The standard InChI is InChI=1S/C15H22N2O6S/c1-2-12-13(14(16-23-12)11-4-3-6-21-10-11)15(18)17-5-8-24(19,20)9-7-22-17/h11H,2-10H2,1H3. The molecular weight excluding hydrogens is 336 g/mol. The van der Waals surface area contributed by atoms with E-state index in [9.17, 15) is 13.2 Å². The molecule has 2 aliphatic rings. The Morgan fingerprint density at radius 3 is 2.88 bits per heavy atom. The second-order valence-corrected chi connectivity index (χ2v) is 8.33. The van der Waals surface area contributed by atoms with Gasteiger partial charge in [0.15, 0.2) is 9.84 Å². The summed E-state index contributed by atoms with van der Waals surface area (Å²) < 4.78 is 34.2. The molecule has 0 bridgehead atoms. The summed E-state index contributed by atoms with van der Waals surface area (Å²) in [7, 11) is -3.18. The minimum absolute atomic E-state index is 0.0100. The molecule has 24 heavy (non-hydrogen) atoms. The van der Waals surface area contributed by atoms with Gasteiger partial charge >= 0.3 is 0 Å². The Labute approximate surface area is 140 Å². The van der Waals surface area contributed by atoms with Crippen LogP contribution in [0.5, 0.6) is 0 Å². The third kappa shape index (κ3) is 3.62. The summed E-state index contributed by atoms with van der Waals surface area (Å²) >= 11 is 0. The number of amides is 1. The molecule has 1 atom stereocenters. The van der Waals surface area contributed by atoms with E-state index in [4.69, 9.17) is 14.1 Å². The first-order valence-corrected chi connectivity index (χ1v) is 10.1. The molecule has 1 aromatic rings. The summed E-state index contributed by atoms with van der Waals surface area (Å²) in [5, 5.41) is 5.23. The van der Waals surface area contributed by atoms with Crippen molar-refractivity contribution in [2.24, 2.45) is 0 Å². The smallest absolute Gasteiger partial charge is 0.282 e. The fourth-order valence-corrected chi connectivity index (χ4v) is 3.97. The monoisotopic (exact) mass is 358 g/mol. The predicted molar refractivity (Wildman–Crippen MR) is 84.3 cm³/mol. The van der Waals surface area contributed by atoms with E-state index < -0.39 is 9.84 Å². The van der Waals surface area contributed by atoms with E-state index in [1.54, 1.807) is 0 Å². The van der Waals surface area contributed by atoms with Crippen LogP contribution in [0.25, 0.3) is 0 Å². The van der Waals surface area contributed by atoms with Crippen LogP contribution in [0.2, 0.25) is 0 Å². The Bertz CT molecular complexity index is 693. The molecule has 2 aliphatic heterocycles. The molecule has 1 unspecified atom stereocenters. The van der Waals surface area contributed by atoms with Gasteiger partial charge in [-0.1, -0.05) is 12.1 Å². The maximum absolute atomic E-state index is 12.9. The normalized spacial score (nSPS) is 24.5. The largest absolute Gasteiger partial charge is 0.381 e. The fraction of sp³-hybridized carbons (Fsp3) is 0.733. The first kappa shape index (κ1) is 17.4. The number of hydrogen-bond donors (Lipinski definition) is 0. The topological polar surface area (TPSA) is 98.9 Å². The third-order valence-electron chi connectivity index (χ3n) is 4.34. The number of rotatable bonds is 3. The Morgan fingerprint density at radius 1 is 1.33 bits per heavy atom. The first-order chi connectivity index (χ1) is 11.5. The fourth-order valence-electron chi connectivity index (χ4n) is 2.99. The second kappa shape index (κ2) is 7.20. The molecule has 2 saturated heterocycles. The number of carbonyl (C=O) groups is 1. The Balaban J connectivity index is 1.86. The van der Waals surface area contributed by atoms with E-state index in [-0.39, 0.29) is 36.5 Å². The van der Waals surface area contributed by atoms with Crippen molar-refractivity contribution in [1.29, 1.82) is 0 Å². The molecule has 3 heterocycles. The maximum Gasteiger partial charge on any atom is 0.282 e. The van der Waals surface area contributed by atoms with Crippen molar-refractivity contribution >= 4 is 15.7 Å². The van der Waals surface area contributed by atoms with E-state index in [0.717, 1.165) is 17.9 Å². The van der Waals surface area contributed by atoms with Gasteiger partial charge in [0.2, 0.25) is 0 Å². The van der Waals surface area contributed by atoms with Crippen LogP contribution in [-0.4, -0.2) is 62.4 Å². The lowest BCUT2D eigenvalue weighted by molar-refractivity contribution is -0.111. The molecule has 8 nitrogen and oxygen atoms in total. The van der Waals surface area contributed by atoms with Crippen molar-refractivity contribution in [3.8, 4) is 0 Å². The lowest BCUT2D eigenvalue weighted by Gasteiger charge is -2.23. The molecular formula is C15H22N2O6S. The predicted octanol–water partition coefficient (Wildman–Crippen LogP) is 0.933. The zero-order valence-corrected chi connectivity index (χ0v) is 14.5. The molecule has 2 fully saturated rings. The SMILES string of the molecule is CCc1onc(C2CCCOC2)c1C(=O)N1CCS(=O)(=O)CCO1. The van der Waals surface area contributed by atoms with E-state index in [0.29, 0.717) is 36.7 Å². The molecule has 1 aromatic heterocycles. The summed E-state index contributed by atoms with van der Waals surface area (Å²) in [6, 6.07) is 0. The number of nitrogens with zero attached hydrogens (tertiary/aromatic N) is 2. The highest BCUT2D eigenvalue weighted by Gasteiger charge is 2.33. The highest BCUT2D eigenvalue weighted by atomic mass is 32.2. The second-order valence-electron chi connectivity index (χ2n) is 6.03. The van der Waals surface area contributed by atoms with Crippen LogP contribution in [0.4, 0.5) is 0 Å². The molecule has 0 aliphatic carbocycles. The first-order valence-electron chi connectivity index (χ1n) is 8.23. The van der Waals surface area contributed by atoms with E-state index >= 15 is 0 Å². The van der Waals surface area contributed by atoms with Crippen molar-refractivity contribution < 1.29 is 27.3 Å². The summed E-state index contributed by atoms with van der Waals surface area (Å²) in [5.41, 5.74) is 0.986. The molecule has 1 amide bonds. The summed E-state index contributed by atoms with van der Waals surface area (Å²) in [6.45, 7) is 3.08. The average molecular weight is 358 g/mol. The molecule has 0 radical (unpaired) electrons. The molecule has 3 rings (SSSR count). The minimum Gasteiger partial charge on any atom is -0.381 e. The molecule has 0 aromatic carbocycles. The number of sulfone groups is 1. The number of hydrogen-bond acceptors (Lipinski definition) is 7. The van der Waals surface area contributed by atoms with Gasteiger partial charge < -0.3 is 9.26 Å². The Hall–Kier alpha value is -1.45. The van der Waals surface area contributed by atoms with Crippen LogP contribution in [0.3, 0.4) is 0 Å². The van der Waals surface area contributed by atoms with E-state index in [1.807, 2.05) is 6.92 Å². The number of hydroxylamine groups is 2. The van der Waals surface area contributed by atoms with Crippen LogP contribution >= 0.6 is 0 Å². The lowest BCUT2D eigenvalue weighted by Crippen LogP contribution is -2.34. The van der Waals surface area contributed by atoms with Crippen molar-refractivity contribution in [2.45, 2.75) is 32.1 Å². The van der Waals surface area contributed by atoms with Crippen LogP contribution in [-0.2, 0) is 25.8 Å². The van der Waals surface area contributed by atoms with Gasteiger partial charge in [-0.2, -0.15) is 0 Å². The van der Waals surface area contributed by atoms with E-state index in [2.05, 4.69) is 5.16 Å². The number of aromatic nitrogens is 1. The van der Waals surface area contributed by atoms with Gasteiger partial charge in [0.05, 0.1) is 31.3 Å². The number of aryl methyl sites for hydroxylation is 1. The van der Waals surface area contributed by atoms with E-state index in [1.165, 1.54) is 0 Å². The zero-order chi connectivity index (χ0) is 17.2. The minimum atomic E-state index is -3.18. The van der Waals surface area contributed by atoms with Gasteiger partial charge in [-0.15, -0.1) is 0 Å². The molecule has 0 N–H and O–H groups in total.